The Morgan fingerprint density at radius 2 is 1.09 bits per heavy atom. The van der Waals surface area contributed by atoms with Gasteiger partial charge in [0.1, 0.15) is 97.7 Å². The lowest BCUT2D eigenvalue weighted by atomic mass is 9.47. The Hall–Kier alpha value is -1.18. The number of rotatable bonds is 12. The monoisotopic (exact) mass is 1060 g/mol. The number of hydrogen-bond donors (Lipinski definition) is 13. The van der Waals surface area contributed by atoms with Crippen molar-refractivity contribution in [2.75, 3.05) is 33.0 Å². The van der Waals surface area contributed by atoms with Crippen LogP contribution in [0.3, 0.4) is 0 Å². The van der Waals surface area contributed by atoms with E-state index in [1.807, 2.05) is 0 Å². The SMILES string of the molecule is CC1C2C(CC3C4CC=C5C[C@@H](O[C@@H]6O[C@H](CO)[C@@H](O)[C@H](O[C@@H]7O[C@H](CO)[C@H](O[C@@H]8O[C@H](CO)[C@@H](O)[C@H](O[C@@H]9O[C@H](CO)[C@@H](O)[C@H](O)[C@H]9O)[C@H]8O)[C@H](O)[C@H]7O)[C@H]6O)CC[C@]5(C)C4CC[C@@]32C)O[C@]12CC[C@@H](C)CO2. The fourth-order valence-electron chi connectivity index (χ4n) is 15.6. The van der Waals surface area contributed by atoms with Crippen LogP contribution in [0.25, 0.3) is 0 Å². The topological polar surface area (TPSA) is 355 Å². The van der Waals surface area contributed by atoms with Crippen molar-refractivity contribution >= 4 is 0 Å². The predicted molar refractivity (Wildman–Crippen MR) is 248 cm³/mol. The van der Waals surface area contributed by atoms with Crippen LogP contribution in [0.4, 0.5) is 0 Å². The Morgan fingerprint density at radius 3 is 1.68 bits per heavy atom. The maximum absolute atomic E-state index is 11.8. The molecule has 6 unspecified atom stereocenters. The minimum Gasteiger partial charge on any atom is -0.394 e. The third-order valence-corrected chi connectivity index (χ3v) is 19.8. The lowest BCUT2D eigenvalue weighted by Gasteiger charge is -2.58. The second-order valence-corrected chi connectivity index (χ2v) is 23.9. The maximum atomic E-state index is 11.8. The molecule has 23 nitrogen and oxygen atoms in total. The Balaban J connectivity index is 0.774. The third kappa shape index (κ3) is 9.48. The van der Waals surface area contributed by atoms with Gasteiger partial charge in [-0.15, -0.1) is 0 Å². The summed E-state index contributed by atoms with van der Waals surface area (Å²) in [6.45, 7) is 6.98. The summed E-state index contributed by atoms with van der Waals surface area (Å²) in [6, 6.07) is 0. The van der Waals surface area contributed by atoms with Crippen molar-refractivity contribution < 1.29 is 114 Å². The van der Waals surface area contributed by atoms with Crippen LogP contribution in [-0.2, 0) is 47.4 Å². The molecule has 23 heteroatoms. The van der Waals surface area contributed by atoms with E-state index in [1.54, 1.807) is 0 Å². The summed E-state index contributed by atoms with van der Waals surface area (Å²) < 4.78 is 60.2. The van der Waals surface area contributed by atoms with Gasteiger partial charge < -0.3 is 114 Å². The lowest BCUT2D eigenvalue weighted by molar-refractivity contribution is -0.390. The van der Waals surface area contributed by atoms with Crippen LogP contribution in [0.2, 0.25) is 0 Å². The standard InChI is InChI=1S/C51H82O23/c1-20-7-12-51(65-19-20)21(2)32-27(74-51)14-26-24-6-5-22-13-23(8-10-49(22,3)25(24)9-11-50(26,32)4)66-47-40(63)43(34(57)29(16-53)68-47)73-46-39(62)37(60)42(31(18-55)70-46)71-48-41(64)44(35(58)30(17-54)69-48)72-45-38(61)36(59)33(56)28(15-52)67-45/h5,20-21,23-48,52-64H,6-19H2,1-4H3/t20-,21?,23+,24?,25?,26?,27?,28-,29-,30-,31-,32?,33-,34-,35-,36+,37-,38-,39-,40-,41-,42+,43+,44+,45+,46+,47-,48+,49+,50+,51-/m1/s1. The number of ether oxygens (including phenoxy) is 10. The first-order valence-corrected chi connectivity index (χ1v) is 27.0. The first kappa shape index (κ1) is 56.1. The van der Waals surface area contributed by atoms with Gasteiger partial charge in [-0.2, -0.15) is 0 Å². The van der Waals surface area contributed by atoms with Crippen molar-refractivity contribution in [3.05, 3.63) is 11.6 Å². The molecule has 9 fully saturated rings. The molecule has 4 aliphatic carbocycles. The van der Waals surface area contributed by atoms with Crippen molar-refractivity contribution in [3.63, 3.8) is 0 Å². The highest BCUT2D eigenvalue weighted by Gasteiger charge is 2.69. The van der Waals surface area contributed by atoms with E-state index >= 15 is 0 Å². The van der Waals surface area contributed by atoms with Gasteiger partial charge in [-0.25, -0.2) is 0 Å². The van der Waals surface area contributed by atoms with Crippen molar-refractivity contribution in [1.29, 1.82) is 0 Å². The Labute approximate surface area is 430 Å². The molecule has 0 amide bonds. The molecule has 0 aromatic carbocycles. The average molecular weight is 1060 g/mol. The molecule has 6 saturated heterocycles. The number of allylic oxidation sites excluding steroid dienone is 1. The van der Waals surface area contributed by atoms with Gasteiger partial charge in [0.25, 0.3) is 0 Å². The molecule has 13 N–H and O–H groups in total. The average Bonchev–Trinajstić information content (AvgIpc) is 3.87. The highest BCUT2D eigenvalue weighted by atomic mass is 16.8. The molecular weight excluding hydrogens is 981 g/mol. The number of fused-ring (bicyclic) bond motifs is 7. The number of aliphatic hydroxyl groups is 13. The van der Waals surface area contributed by atoms with E-state index in [-0.39, 0.29) is 16.9 Å². The van der Waals surface area contributed by atoms with E-state index in [2.05, 4.69) is 33.8 Å². The Kier molecular flexibility index (Phi) is 16.5. The summed E-state index contributed by atoms with van der Waals surface area (Å²) in [6.07, 6.45) is -24.2. The minimum atomic E-state index is -2.03. The van der Waals surface area contributed by atoms with E-state index in [4.69, 9.17) is 47.4 Å². The van der Waals surface area contributed by atoms with E-state index in [9.17, 15) is 66.4 Å². The molecule has 31 atom stereocenters. The zero-order valence-corrected chi connectivity index (χ0v) is 42.5. The van der Waals surface area contributed by atoms with Crippen LogP contribution in [0.5, 0.6) is 0 Å². The predicted octanol–water partition coefficient (Wildman–Crippen LogP) is -2.99. The Bertz CT molecular complexity index is 1940. The van der Waals surface area contributed by atoms with Crippen LogP contribution < -0.4 is 0 Å². The maximum Gasteiger partial charge on any atom is 0.187 e. The summed E-state index contributed by atoms with van der Waals surface area (Å²) in [5.74, 6) is 2.45. The second kappa shape index (κ2) is 21.7. The first-order valence-electron chi connectivity index (χ1n) is 27.0. The van der Waals surface area contributed by atoms with Crippen molar-refractivity contribution in [2.24, 2.45) is 46.3 Å². The van der Waals surface area contributed by atoms with E-state index in [0.29, 0.717) is 48.3 Å². The molecular formula is C51H82O23. The molecule has 3 saturated carbocycles. The summed E-state index contributed by atoms with van der Waals surface area (Å²) in [5, 5.41) is 140. The molecule has 74 heavy (non-hydrogen) atoms. The number of aliphatic hydroxyl groups excluding tert-OH is 13. The van der Waals surface area contributed by atoms with Gasteiger partial charge in [0.15, 0.2) is 30.9 Å². The molecule has 1 spiro atoms. The molecule has 10 aliphatic rings. The molecule has 0 radical (unpaired) electrons. The van der Waals surface area contributed by atoms with Crippen LogP contribution >= 0.6 is 0 Å². The fourth-order valence-corrected chi connectivity index (χ4v) is 15.6. The van der Waals surface area contributed by atoms with Crippen LogP contribution in [-0.4, -0.2) is 240 Å². The third-order valence-electron chi connectivity index (χ3n) is 19.8. The zero-order valence-electron chi connectivity index (χ0n) is 42.5. The molecule has 0 aromatic heterocycles. The Morgan fingerprint density at radius 1 is 0.554 bits per heavy atom. The molecule has 424 valence electrons. The van der Waals surface area contributed by atoms with Crippen LogP contribution in [0.1, 0.15) is 85.5 Å². The summed E-state index contributed by atoms with van der Waals surface area (Å²) in [4.78, 5) is 0. The number of hydrogen-bond acceptors (Lipinski definition) is 23. The summed E-state index contributed by atoms with van der Waals surface area (Å²) >= 11 is 0. The normalized spacial score (nSPS) is 56.5. The van der Waals surface area contributed by atoms with Crippen LogP contribution in [0.15, 0.2) is 11.6 Å². The second-order valence-electron chi connectivity index (χ2n) is 23.9. The summed E-state index contributed by atoms with van der Waals surface area (Å²) in [5.41, 5.74) is 1.43. The van der Waals surface area contributed by atoms with Crippen LogP contribution in [0, 0.1) is 46.3 Å². The van der Waals surface area contributed by atoms with Gasteiger partial charge in [0.2, 0.25) is 0 Å². The highest BCUT2D eigenvalue weighted by Crippen LogP contribution is 2.71. The largest absolute Gasteiger partial charge is 0.394 e. The zero-order chi connectivity index (χ0) is 52.9. The van der Waals surface area contributed by atoms with E-state index in [1.165, 1.54) is 5.57 Å². The van der Waals surface area contributed by atoms with Gasteiger partial charge in [0.05, 0.1) is 45.2 Å². The van der Waals surface area contributed by atoms with Gasteiger partial charge in [0, 0.05) is 12.3 Å². The quantitative estimate of drug-likeness (QED) is 0.0867. The van der Waals surface area contributed by atoms with Gasteiger partial charge in [-0.1, -0.05) is 39.3 Å². The van der Waals surface area contributed by atoms with Gasteiger partial charge in [-0.3, -0.25) is 0 Å². The van der Waals surface area contributed by atoms with Crippen molar-refractivity contribution in [3.8, 4) is 0 Å². The van der Waals surface area contributed by atoms with E-state index in [0.717, 1.165) is 51.6 Å². The van der Waals surface area contributed by atoms with Crippen molar-refractivity contribution in [2.45, 2.75) is 226 Å². The lowest BCUT2D eigenvalue weighted by Crippen LogP contribution is -2.67. The van der Waals surface area contributed by atoms with E-state index < -0.39 is 161 Å². The smallest absolute Gasteiger partial charge is 0.187 e. The molecule has 6 aliphatic heterocycles. The van der Waals surface area contributed by atoms with Gasteiger partial charge >= 0.3 is 0 Å². The van der Waals surface area contributed by atoms with Gasteiger partial charge in [-0.05, 0) is 91.8 Å². The van der Waals surface area contributed by atoms with Crippen molar-refractivity contribution in [1.82, 2.24) is 0 Å². The molecule has 10 rings (SSSR count). The fraction of sp³-hybridized carbons (Fsp3) is 0.961. The first-order chi connectivity index (χ1) is 35.2. The highest BCUT2D eigenvalue weighted by molar-refractivity contribution is 5.26. The minimum absolute atomic E-state index is 0.0493. The molecule has 0 bridgehead atoms. The summed E-state index contributed by atoms with van der Waals surface area (Å²) in [7, 11) is 0. The molecule has 6 heterocycles. The molecule has 0 aromatic rings.